The molecule has 2 rings (SSSR count). The molecule has 0 aliphatic carbocycles. The van der Waals surface area contributed by atoms with Gasteiger partial charge in [0, 0.05) is 11.8 Å². The number of para-hydroxylation sites is 1. The molecule has 1 aliphatic rings. The molecule has 0 spiro atoms. The van der Waals surface area contributed by atoms with Gasteiger partial charge in [0.25, 0.3) is 0 Å². The fourth-order valence-electron chi connectivity index (χ4n) is 2.02. The van der Waals surface area contributed by atoms with Crippen LogP contribution in [0, 0.1) is 0 Å². The first-order chi connectivity index (χ1) is 7.90. The molecule has 1 aliphatic heterocycles. The average Bonchev–Trinajstić information content (AvgIpc) is 2.83. The molecule has 0 aromatic heterocycles. The molecule has 1 saturated heterocycles. The van der Waals surface area contributed by atoms with E-state index in [0.29, 0.717) is 0 Å². The molecule has 1 heterocycles. The van der Waals surface area contributed by atoms with Crippen LogP contribution in [0.1, 0.15) is 12.0 Å². The Morgan fingerprint density at radius 2 is 2.31 bits per heavy atom. The van der Waals surface area contributed by atoms with Crippen LogP contribution in [0.15, 0.2) is 24.3 Å². The fourth-order valence-corrected chi connectivity index (χ4v) is 3.20. The predicted molar refractivity (Wildman–Crippen MR) is 70.4 cm³/mol. The van der Waals surface area contributed by atoms with Gasteiger partial charge in [-0.3, -0.25) is 0 Å². The van der Waals surface area contributed by atoms with Gasteiger partial charge in [0.05, 0.1) is 7.11 Å². The first-order valence-corrected chi connectivity index (χ1v) is 6.98. The van der Waals surface area contributed by atoms with E-state index in [0.717, 1.165) is 24.8 Å². The Morgan fingerprint density at radius 1 is 1.44 bits per heavy atom. The Hall–Kier alpha value is -0.670. The molecular weight excluding hydrogens is 218 g/mol. The minimum absolute atomic E-state index is 0.722. The van der Waals surface area contributed by atoms with Crippen LogP contribution < -0.4 is 10.1 Å². The second-order valence-corrected chi connectivity index (χ2v) is 5.23. The van der Waals surface area contributed by atoms with Crippen LogP contribution in [0.3, 0.4) is 0 Å². The fraction of sp³-hybridized carbons (Fsp3) is 0.538. The zero-order valence-corrected chi connectivity index (χ0v) is 10.6. The maximum Gasteiger partial charge on any atom is 0.122 e. The predicted octanol–water partition coefficient (Wildman–Crippen LogP) is 2.33. The Bertz CT molecular complexity index is 323. The zero-order valence-electron chi connectivity index (χ0n) is 9.74. The largest absolute Gasteiger partial charge is 0.496 e. The molecule has 16 heavy (non-hydrogen) atoms. The van der Waals surface area contributed by atoms with E-state index in [1.165, 1.54) is 23.5 Å². The highest BCUT2D eigenvalue weighted by molar-refractivity contribution is 7.99. The molecule has 1 aromatic rings. The number of nitrogens with one attached hydrogen (secondary N) is 1. The summed E-state index contributed by atoms with van der Waals surface area (Å²) in [4.78, 5) is 0. The first-order valence-electron chi connectivity index (χ1n) is 5.83. The number of benzene rings is 1. The van der Waals surface area contributed by atoms with Gasteiger partial charge in [0.1, 0.15) is 5.75 Å². The maximum absolute atomic E-state index is 5.34. The van der Waals surface area contributed by atoms with Gasteiger partial charge in [-0.25, -0.2) is 0 Å². The van der Waals surface area contributed by atoms with Gasteiger partial charge in [0.15, 0.2) is 0 Å². The summed E-state index contributed by atoms with van der Waals surface area (Å²) in [6, 6.07) is 8.98. The van der Waals surface area contributed by atoms with Gasteiger partial charge in [-0.2, -0.15) is 11.8 Å². The van der Waals surface area contributed by atoms with Crippen molar-refractivity contribution in [1.82, 2.24) is 5.32 Å². The Morgan fingerprint density at radius 3 is 3.06 bits per heavy atom. The molecule has 1 atom stereocenters. The second-order valence-electron chi connectivity index (χ2n) is 4.08. The van der Waals surface area contributed by atoms with E-state index in [1.807, 2.05) is 23.9 Å². The summed E-state index contributed by atoms with van der Waals surface area (Å²) >= 11 is 2.05. The van der Waals surface area contributed by atoms with Crippen molar-refractivity contribution in [1.29, 1.82) is 0 Å². The number of methoxy groups -OCH3 is 1. The smallest absolute Gasteiger partial charge is 0.122 e. The van der Waals surface area contributed by atoms with Crippen LogP contribution in [0.2, 0.25) is 0 Å². The molecule has 0 bridgehead atoms. The molecule has 0 unspecified atom stereocenters. The van der Waals surface area contributed by atoms with Crippen LogP contribution in [-0.2, 0) is 6.42 Å². The van der Waals surface area contributed by atoms with Crippen LogP contribution in [0.4, 0.5) is 0 Å². The highest BCUT2D eigenvalue weighted by Gasteiger charge is 2.14. The van der Waals surface area contributed by atoms with Gasteiger partial charge >= 0.3 is 0 Å². The lowest BCUT2D eigenvalue weighted by Gasteiger charge is -2.12. The third-order valence-corrected chi connectivity index (χ3v) is 4.11. The standard InChI is InChI=1S/C13H19NOS/c1-15-13-5-3-2-4-11(13)6-8-14-12-7-9-16-10-12/h2-5,12,14H,6-10H2,1H3/t12-/m0/s1. The minimum atomic E-state index is 0.722. The van der Waals surface area contributed by atoms with E-state index in [4.69, 9.17) is 4.74 Å². The molecule has 0 radical (unpaired) electrons. The lowest BCUT2D eigenvalue weighted by molar-refractivity contribution is 0.408. The second kappa shape index (κ2) is 6.16. The normalized spacial score (nSPS) is 19.9. The molecule has 1 N–H and O–H groups in total. The number of hydrogen-bond donors (Lipinski definition) is 1. The molecule has 0 saturated carbocycles. The molecule has 88 valence electrons. The van der Waals surface area contributed by atoms with Crippen LogP contribution >= 0.6 is 11.8 Å². The summed E-state index contributed by atoms with van der Waals surface area (Å²) in [6.07, 6.45) is 2.36. The van der Waals surface area contributed by atoms with Crippen LogP contribution in [0.5, 0.6) is 5.75 Å². The van der Waals surface area contributed by atoms with Crippen molar-refractivity contribution in [2.24, 2.45) is 0 Å². The summed E-state index contributed by atoms with van der Waals surface area (Å²) in [5.41, 5.74) is 1.29. The van der Waals surface area contributed by atoms with E-state index in [9.17, 15) is 0 Å². The van der Waals surface area contributed by atoms with E-state index >= 15 is 0 Å². The summed E-state index contributed by atoms with van der Waals surface area (Å²) in [7, 11) is 1.74. The number of hydrogen-bond acceptors (Lipinski definition) is 3. The molecule has 0 amide bonds. The van der Waals surface area contributed by atoms with E-state index in [-0.39, 0.29) is 0 Å². The summed E-state index contributed by atoms with van der Waals surface area (Å²) in [6.45, 7) is 1.05. The van der Waals surface area contributed by atoms with Crippen molar-refractivity contribution in [2.75, 3.05) is 25.2 Å². The van der Waals surface area contributed by atoms with Crippen molar-refractivity contribution in [3.63, 3.8) is 0 Å². The van der Waals surface area contributed by atoms with E-state index in [2.05, 4.69) is 17.4 Å². The van der Waals surface area contributed by atoms with Gasteiger partial charge in [-0.15, -0.1) is 0 Å². The Balaban J connectivity index is 1.79. The van der Waals surface area contributed by atoms with Crippen molar-refractivity contribution in [3.05, 3.63) is 29.8 Å². The van der Waals surface area contributed by atoms with Crippen molar-refractivity contribution < 1.29 is 4.74 Å². The summed E-state index contributed by atoms with van der Waals surface area (Å²) in [5, 5.41) is 3.60. The van der Waals surface area contributed by atoms with Crippen molar-refractivity contribution >= 4 is 11.8 Å². The number of thioether (sulfide) groups is 1. The summed E-state index contributed by atoms with van der Waals surface area (Å²) < 4.78 is 5.34. The SMILES string of the molecule is COc1ccccc1CCN[C@H]1CCSC1. The van der Waals surface area contributed by atoms with Crippen LogP contribution in [-0.4, -0.2) is 31.2 Å². The lowest BCUT2D eigenvalue weighted by Crippen LogP contribution is -2.30. The Labute approximate surface area is 102 Å². The molecule has 1 aromatic carbocycles. The first kappa shape index (κ1) is 11.8. The maximum atomic E-state index is 5.34. The topological polar surface area (TPSA) is 21.3 Å². The quantitative estimate of drug-likeness (QED) is 0.849. The van der Waals surface area contributed by atoms with Crippen molar-refractivity contribution in [3.8, 4) is 5.75 Å². The highest BCUT2D eigenvalue weighted by atomic mass is 32.2. The highest BCUT2D eigenvalue weighted by Crippen LogP contribution is 2.19. The monoisotopic (exact) mass is 237 g/mol. The van der Waals surface area contributed by atoms with Crippen molar-refractivity contribution in [2.45, 2.75) is 18.9 Å². The molecule has 2 nitrogen and oxygen atoms in total. The van der Waals surface area contributed by atoms with Crippen LogP contribution in [0.25, 0.3) is 0 Å². The van der Waals surface area contributed by atoms with Gasteiger partial charge < -0.3 is 10.1 Å². The third kappa shape index (κ3) is 3.16. The van der Waals surface area contributed by atoms with Gasteiger partial charge in [-0.1, -0.05) is 18.2 Å². The number of ether oxygens (including phenoxy) is 1. The minimum Gasteiger partial charge on any atom is -0.496 e. The molecule has 3 heteroatoms. The lowest BCUT2D eigenvalue weighted by atomic mass is 10.1. The number of rotatable bonds is 5. The molecular formula is C13H19NOS. The molecule has 1 fully saturated rings. The van der Waals surface area contributed by atoms with E-state index < -0.39 is 0 Å². The van der Waals surface area contributed by atoms with Gasteiger partial charge in [0.2, 0.25) is 0 Å². The van der Waals surface area contributed by atoms with E-state index in [1.54, 1.807) is 7.11 Å². The third-order valence-electron chi connectivity index (χ3n) is 2.95. The summed E-state index contributed by atoms with van der Waals surface area (Å²) in [5.74, 6) is 3.59. The Kier molecular flexibility index (Phi) is 4.55. The average molecular weight is 237 g/mol. The van der Waals surface area contributed by atoms with Gasteiger partial charge in [-0.05, 0) is 36.8 Å². The zero-order chi connectivity index (χ0) is 11.2.